The molecule has 0 aromatic rings. The van der Waals surface area contributed by atoms with Crippen molar-refractivity contribution in [2.24, 2.45) is 34.4 Å². The van der Waals surface area contributed by atoms with Crippen LogP contribution in [0.2, 0.25) is 0 Å². The first-order chi connectivity index (χ1) is 23.2. The molecule has 1 amide bonds. The summed E-state index contributed by atoms with van der Waals surface area (Å²) in [4.78, 5) is 12.6. The van der Waals surface area contributed by atoms with Crippen LogP contribution in [0.3, 0.4) is 0 Å². The molecule has 0 radical (unpaired) electrons. The van der Waals surface area contributed by atoms with Crippen LogP contribution in [0.15, 0.2) is 0 Å². The molecule has 4 aliphatic rings. The zero-order valence-corrected chi connectivity index (χ0v) is 26.6. The number of hydrogen-bond donors (Lipinski definition) is 14. The standard InChI is InChI=1S/C27H52FN7O14/c28-8(4-30)16(38)24(43)35-10-2-9(32)21(47-25-14(33)11(37)1-7(3-29)44-25)23(17(10)39)49-27-20(42)22(13(6-36)46-27)48-26-15(34)19(41)18(40)12(5-31)45-26/h7-23,25-27,36-42H,1-6,29-34H2,(H,35,43)/t7-,8+,9-,10+,11-,12-,13+,14+,15+,16-,17-,18+,19+,20+,21+,22+,23+,25+,26+,27-/m0/s1. The van der Waals surface area contributed by atoms with Gasteiger partial charge in [-0.2, -0.15) is 0 Å². The minimum atomic E-state index is -2.17. The molecule has 1 saturated carbocycles. The van der Waals surface area contributed by atoms with Gasteiger partial charge in [0.05, 0.1) is 36.9 Å². The van der Waals surface area contributed by atoms with E-state index in [1.807, 2.05) is 0 Å². The Hall–Kier alpha value is -1.36. The van der Waals surface area contributed by atoms with Crippen LogP contribution in [-0.2, 0) is 33.2 Å². The Morgan fingerprint density at radius 3 is 2.00 bits per heavy atom. The third-order valence-electron chi connectivity index (χ3n) is 9.36. The molecule has 21 nitrogen and oxygen atoms in total. The van der Waals surface area contributed by atoms with Crippen LogP contribution in [0, 0.1) is 0 Å². The van der Waals surface area contributed by atoms with E-state index in [0.717, 1.165) is 0 Å². The highest BCUT2D eigenvalue weighted by atomic mass is 19.1. The summed E-state index contributed by atoms with van der Waals surface area (Å²) in [6, 6.07) is -4.76. The van der Waals surface area contributed by atoms with Crippen LogP contribution in [0.1, 0.15) is 12.8 Å². The minimum Gasteiger partial charge on any atom is -0.394 e. The number of aliphatic hydroxyl groups excluding tert-OH is 7. The van der Waals surface area contributed by atoms with Crippen molar-refractivity contribution in [3.63, 3.8) is 0 Å². The third kappa shape index (κ3) is 8.82. The average Bonchev–Trinajstić information content (AvgIpc) is 3.38. The second kappa shape index (κ2) is 17.4. The lowest BCUT2D eigenvalue weighted by Crippen LogP contribution is -2.68. The number of ether oxygens (including phenoxy) is 6. The lowest BCUT2D eigenvalue weighted by atomic mass is 9.83. The lowest BCUT2D eigenvalue weighted by Gasteiger charge is -2.47. The van der Waals surface area contributed by atoms with Crippen LogP contribution < -0.4 is 39.7 Å². The van der Waals surface area contributed by atoms with Gasteiger partial charge in [-0.1, -0.05) is 0 Å². The van der Waals surface area contributed by atoms with Crippen molar-refractivity contribution in [1.82, 2.24) is 5.32 Å². The van der Waals surface area contributed by atoms with E-state index in [2.05, 4.69) is 5.32 Å². The molecule has 3 aliphatic heterocycles. The van der Waals surface area contributed by atoms with Crippen molar-refractivity contribution >= 4 is 5.91 Å². The van der Waals surface area contributed by atoms with Crippen LogP contribution in [-0.4, -0.2) is 190 Å². The predicted molar refractivity (Wildman–Crippen MR) is 161 cm³/mol. The summed E-state index contributed by atoms with van der Waals surface area (Å²) in [6.45, 7) is -1.59. The monoisotopic (exact) mass is 717 g/mol. The van der Waals surface area contributed by atoms with Crippen LogP contribution in [0.4, 0.5) is 4.39 Å². The van der Waals surface area contributed by atoms with E-state index in [0.29, 0.717) is 0 Å². The summed E-state index contributed by atoms with van der Waals surface area (Å²) < 4.78 is 49.0. The number of nitrogens with one attached hydrogen (secondary N) is 1. The van der Waals surface area contributed by atoms with E-state index in [9.17, 15) is 44.9 Å². The van der Waals surface area contributed by atoms with Crippen molar-refractivity contribution in [1.29, 1.82) is 0 Å². The highest BCUT2D eigenvalue weighted by Crippen LogP contribution is 2.34. The number of halogens is 1. The Morgan fingerprint density at radius 2 is 1.39 bits per heavy atom. The molecular weight excluding hydrogens is 665 g/mol. The van der Waals surface area contributed by atoms with E-state index >= 15 is 0 Å². The number of nitrogens with two attached hydrogens (primary N) is 6. The number of rotatable bonds is 13. The highest BCUT2D eigenvalue weighted by Gasteiger charge is 2.54. The zero-order chi connectivity index (χ0) is 36.3. The van der Waals surface area contributed by atoms with Crippen LogP contribution in [0.5, 0.6) is 0 Å². The Morgan fingerprint density at radius 1 is 0.776 bits per heavy atom. The SMILES string of the molecule is NC[C@@H]1C[C@H](O)[C@@H](N)[C@@H](O[C@H]2[C@H](O[C@@H]3O[C@H](CO)[C@@H](O[C@H]4O[C@@H](CN)[C@@H](O)[C@H](O)[C@H]4N)[C@H]3O)[C@@H](O)[C@H](NC(=O)[C@@H](O)[C@H](F)CN)C[C@@H]2N)O1. The van der Waals surface area contributed by atoms with Gasteiger partial charge in [-0.25, -0.2) is 4.39 Å². The van der Waals surface area contributed by atoms with Gasteiger partial charge < -0.3 is 104 Å². The van der Waals surface area contributed by atoms with Gasteiger partial charge in [0.15, 0.2) is 25.0 Å². The number of carbonyl (C=O) groups is 1. The highest BCUT2D eigenvalue weighted by molar-refractivity contribution is 5.81. The average molecular weight is 718 g/mol. The Kier molecular flexibility index (Phi) is 14.4. The van der Waals surface area contributed by atoms with Gasteiger partial charge >= 0.3 is 0 Å². The van der Waals surface area contributed by atoms with Gasteiger partial charge in [0.25, 0.3) is 5.91 Å². The van der Waals surface area contributed by atoms with Gasteiger partial charge in [-0.05, 0) is 6.42 Å². The quantitative estimate of drug-likeness (QED) is 0.0840. The summed E-state index contributed by atoms with van der Waals surface area (Å²) >= 11 is 0. The number of alkyl halides is 1. The second-order valence-corrected chi connectivity index (χ2v) is 12.8. The molecular formula is C27H52FN7O14. The summed E-state index contributed by atoms with van der Waals surface area (Å²) in [6.07, 6.45) is -23.6. The fraction of sp³-hybridized carbons (Fsp3) is 0.963. The Bertz CT molecular complexity index is 1060. The molecule has 0 bridgehead atoms. The van der Waals surface area contributed by atoms with Gasteiger partial charge in [0.1, 0.15) is 61.1 Å². The van der Waals surface area contributed by atoms with E-state index < -0.39 is 142 Å². The first-order valence-electron chi connectivity index (χ1n) is 16.1. The van der Waals surface area contributed by atoms with Crippen LogP contribution >= 0.6 is 0 Å². The molecule has 0 aromatic heterocycles. The number of amides is 1. The van der Waals surface area contributed by atoms with Gasteiger partial charge in [-0.15, -0.1) is 0 Å². The maximum Gasteiger partial charge on any atom is 0.252 e. The first-order valence-corrected chi connectivity index (χ1v) is 16.1. The molecule has 3 heterocycles. The van der Waals surface area contributed by atoms with Crippen molar-refractivity contribution in [3.8, 4) is 0 Å². The molecule has 1 aliphatic carbocycles. The zero-order valence-electron chi connectivity index (χ0n) is 26.6. The third-order valence-corrected chi connectivity index (χ3v) is 9.36. The van der Waals surface area contributed by atoms with Gasteiger partial charge in [0.2, 0.25) is 0 Å². The van der Waals surface area contributed by atoms with Gasteiger partial charge in [-0.3, -0.25) is 4.79 Å². The second-order valence-electron chi connectivity index (χ2n) is 12.8. The topological polar surface area (TPSA) is 382 Å². The minimum absolute atomic E-state index is 0.0140. The van der Waals surface area contributed by atoms with Crippen LogP contribution in [0.25, 0.3) is 0 Å². The molecule has 3 saturated heterocycles. The summed E-state index contributed by atoms with van der Waals surface area (Å²) in [7, 11) is 0. The normalized spacial score (nSPS) is 47.5. The maximum absolute atomic E-state index is 14.0. The molecule has 4 fully saturated rings. The largest absolute Gasteiger partial charge is 0.394 e. The molecule has 0 aromatic carbocycles. The maximum atomic E-state index is 14.0. The van der Waals surface area contributed by atoms with E-state index in [1.54, 1.807) is 0 Å². The van der Waals surface area contributed by atoms with Crippen molar-refractivity contribution in [2.75, 3.05) is 26.2 Å². The molecule has 0 unspecified atom stereocenters. The molecule has 4 rings (SSSR count). The smallest absolute Gasteiger partial charge is 0.252 e. The molecule has 0 spiro atoms. The van der Waals surface area contributed by atoms with Crippen molar-refractivity contribution < 1.29 is 73.4 Å². The van der Waals surface area contributed by atoms with E-state index in [4.69, 9.17) is 62.8 Å². The fourth-order valence-corrected chi connectivity index (χ4v) is 6.36. The Balaban J connectivity index is 1.57. The first kappa shape index (κ1) is 40.4. The lowest BCUT2D eigenvalue weighted by molar-refractivity contribution is -0.295. The Labute approximate surface area is 280 Å². The van der Waals surface area contributed by atoms with Crippen molar-refractivity contribution in [2.45, 2.75) is 135 Å². The predicted octanol–water partition coefficient (Wildman–Crippen LogP) is -9.05. The summed E-state index contributed by atoms with van der Waals surface area (Å²) in [5, 5.41) is 76.2. The fourth-order valence-electron chi connectivity index (χ4n) is 6.36. The number of aliphatic hydroxyl groups is 7. The van der Waals surface area contributed by atoms with Crippen molar-refractivity contribution in [3.05, 3.63) is 0 Å². The molecule has 20 N–H and O–H groups in total. The molecule has 22 heteroatoms. The molecule has 286 valence electrons. The summed E-state index contributed by atoms with van der Waals surface area (Å²) in [5.41, 5.74) is 35.1. The van der Waals surface area contributed by atoms with Gasteiger partial charge in [0, 0.05) is 32.1 Å². The molecule has 49 heavy (non-hydrogen) atoms. The summed E-state index contributed by atoms with van der Waals surface area (Å²) in [5.74, 6) is -1.20. The van der Waals surface area contributed by atoms with E-state index in [1.165, 1.54) is 0 Å². The number of carbonyl (C=O) groups excluding carboxylic acids is 1. The van der Waals surface area contributed by atoms with E-state index in [-0.39, 0.29) is 25.9 Å². The molecule has 20 atom stereocenters. The number of hydrogen-bond acceptors (Lipinski definition) is 20.